The van der Waals surface area contributed by atoms with Gasteiger partial charge in [0.2, 0.25) is 5.56 Å². The molecule has 2 fully saturated rings. The summed E-state index contributed by atoms with van der Waals surface area (Å²) in [6, 6.07) is 20.8. The van der Waals surface area contributed by atoms with Gasteiger partial charge in [-0.1, -0.05) is 41.9 Å². The minimum Gasteiger partial charge on any atom is -0.506 e. The summed E-state index contributed by atoms with van der Waals surface area (Å²) in [5.74, 6) is 0.783. The normalized spacial score (nSPS) is 19.4. The van der Waals surface area contributed by atoms with Crippen molar-refractivity contribution in [1.82, 2.24) is 20.1 Å². The summed E-state index contributed by atoms with van der Waals surface area (Å²) in [6.45, 7) is 4.04. The van der Waals surface area contributed by atoms with Crippen molar-refractivity contribution in [2.24, 2.45) is 11.8 Å². The topological polar surface area (TPSA) is 147 Å². The Balaban J connectivity index is 0.912. The van der Waals surface area contributed by atoms with Crippen LogP contribution in [0.3, 0.4) is 0 Å². The molecule has 3 aromatic carbocycles. The Bertz CT molecular complexity index is 1840. The SMILES string of the molecule is CN(CCN1C[C@H]2C[C@H](OC(=O)Nc3ccccc3)C[C@H]2C1)C(=O)c1ccc(CCNC[C@H](O)c2ccc(O)c3[nH]c(=O)ccc23)cc1Cl. The van der Waals surface area contributed by atoms with E-state index in [-0.39, 0.29) is 29.9 Å². The van der Waals surface area contributed by atoms with Gasteiger partial charge in [0.25, 0.3) is 5.91 Å². The highest BCUT2D eigenvalue weighted by Gasteiger charge is 2.42. The van der Waals surface area contributed by atoms with Gasteiger partial charge in [-0.25, -0.2) is 4.79 Å². The average molecular weight is 688 g/mol. The lowest BCUT2D eigenvalue weighted by molar-refractivity contribution is 0.0779. The van der Waals surface area contributed by atoms with Gasteiger partial charge >= 0.3 is 6.09 Å². The Morgan fingerprint density at radius 2 is 1.82 bits per heavy atom. The van der Waals surface area contributed by atoms with Crippen LogP contribution in [0.5, 0.6) is 5.75 Å². The number of phenolic OH excluding ortho intramolecular Hbond substituents is 1. The predicted molar refractivity (Wildman–Crippen MR) is 189 cm³/mol. The number of phenols is 1. The molecule has 12 heteroatoms. The molecule has 2 aliphatic rings. The Kier molecular flexibility index (Phi) is 10.8. The maximum Gasteiger partial charge on any atom is 0.411 e. The first-order valence-corrected chi connectivity index (χ1v) is 17.0. The number of likely N-dealkylation sites (N-methyl/N-ethyl adjacent to an activating group) is 1. The number of halogens is 1. The van der Waals surface area contributed by atoms with Gasteiger partial charge in [0, 0.05) is 56.9 Å². The molecule has 1 aliphatic heterocycles. The Labute approximate surface area is 289 Å². The van der Waals surface area contributed by atoms with E-state index in [9.17, 15) is 24.6 Å². The molecule has 258 valence electrons. The highest BCUT2D eigenvalue weighted by Crippen LogP contribution is 2.39. The van der Waals surface area contributed by atoms with Crippen molar-refractivity contribution < 1.29 is 24.5 Å². The summed E-state index contributed by atoms with van der Waals surface area (Å²) in [5.41, 5.74) is 2.71. The van der Waals surface area contributed by atoms with Gasteiger partial charge < -0.3 is 35.1 Å². The van der Waals surface area contributed by atoms with Gasteiger partial charge in [-0.15, -0.1) is 0 Å². The van der Waals surface area contributed by atoms with Crippen LogP contribution in [-0.4, -0.2) is 89.4 Å². The first kappa shape index (κ1) is 34.4. The van der Waals surface area contributed by atoms with Crippen LogP contribution in [0, 0.1) is 11.8 Å². The Morgan fingerprint density at radius 1 is 1.06 bits per heavy atom. The number of nitrogens with one attached hydrogen (secondary N) is 3. The first-order valence-electron chi connectivity index (χ1n) is 16.7. The number of benzene rings is 3. The number of aliphatic hydroxyl groups excluding tert-OH is 1. The second-order valence-corrected chi connectivity index (χ2v) is 13.5. The summed E-state index contributed by atoms with van der Waals surface area (Å²) in [4.78, 5) is 43.9. The third kappa shape index (κ3) is 8.42. The highest BCUT2D eigenvalue weighted by molar-refractivity contribution is 6.33. The third-order valence-electron chi connectivity index (χ3n) is 9.63. The van der Waals surface area contributed by atoms with Crippen molar-refractivity contribution in [3.63, 3.8) is 0 Å². The second kappa shape index (κ2) is 15.4. The number of H-pyrrole nitrogens is 1. The average Bonchev–Trinajstić information content (AvgIpc) is 3.64. The van der Waals surface area contributed by atoms with Crippen LogP contribution in [0.25, 0.3) is 10.9 Å². The minimum atomic E-state index is -0.849. The lowest BCUT2D eigenvalue weighted by Gasteiger charge is -2.23. The predicted octanol–water partition coefficient (Wildman–Crippen LogP) is 4.78. The first-order chi connectivity index (χ1) is 23.6. The molecule has 0 spiro atoms. The smallest absolute Gasteiger partial charge is 0.411 e. The molecule has 1 saturated heterocycles. The molecule has 5 N–H and O–H groups in total. The maximum atomic E-state index is 13.3. The number of nitrogens with zero attached hydrogens (tertiary/aromatic N) is 2. The number of carbonyl (C=O) groups excluding carboxylic acids is 2. The number of fused-ring (bicyclic) bond motifs is 2. The minimum absolute atomic E-state index is 0.0519. The fraction of sp³-hybridized carbons (Fsp3) is 0.378. The number of amides is 2. The molecule has 1 aromatic heterocycles. The van der Waals surface area contributed by atoms with Crippen LogP contribution < -0.4 is 16.2 Å². The van der Waals surface area contributed by atoms with Gasteiger partial charge in [0.05, 0.1) is 22.2 Å². The van der Waals surface area contributed by atoms with Crippen LogP contribution in [-0.2, 0) is 11.2 Å². The highest BCUT2D eigenvalue weighted by atomic mass is 35.5. The molecule has 6 rings (SSSR count). The van der Waals surface area contributed by atoms with E-state index in [2.05, 4.69) is 20.5 Å². The number of para-hydroxylation sites is 1. The van der Waals surface area contributed by atoms with Crippen LogP contribution in [0.15, 0.2) is 77.6 Å². The van der Waals surface area contributed by atoms with Crippen molar-refractivity contribution in [2.45, 2.75) is 31.5 Å². The number of aromatic hydroxyl groups is 1. The van der Waals surface area contributed by atoms with Gasteiger partial charge in [-0.05, 0) is 85.2 Å². The molecule has 0 bridgehead atoms. The van der Waals surface area contributed by atoms with E-state index >= 15 is 0 Å². The molecule has 0 unspecified atom stereocenters. The number of aromatic amines is 1. The number of pyridine rings is 1. The number of rotatable bonds is 12. The van der Waals surface area contributed by atoms with Gasteiger partial charge in [-0.2, -0.15) is 0 Å². The van der Waals surface area contributed by atoms with Crippen molar-refractivity contribution >= 4 is 40.2 Å². The number of likely N-dealkylation sites (tertiary alicyclic amines) is 1. The Morgan fingerprint density at radius 3 is 2.55 bits per heavy atom. The fourth-order valence-electron chi connectivity index (χ4n) is 7.06. The summed E-state index contributed by atoms with van der Waals surface area (Å²) >= 11 is 6.57. The zero-order chi connectivity index (χ0) is 34.5. The van der Waals surface area contributed by atoms with E-state index in [0.717, 1.165) is 43.7 Å². The molecule has 2 amide bonds. The van der Waals surface area contributed by atoms with E-state index in [1.807, 2.05) is 42.5 Å². The van der Waals surface area contributed by atoms with Gasteiger partial charge in [0.15, 0.2) is 0 Å². The standard InChI is InChI=1S/C37H42ClN5O6/c1-42(15-16-43-21-24-18-27(19-25(24)22-43)49-37(48)40-26-5-3-2-4-6-26)36(47)30-8-7-23(17-31(30)38)13-14-39-20-33(45)28-9-11-32(44)35-29(28)10-12-34(46)41-35/h2-12,17,24-25,27,33,39,44-45H,13-16,18-22H2,1H3,(H,40,48)(H,41,46)/t24-,25+,27+,33-/m0/s1. The van der Waals surface area contributed by atoms with Crippen LogP contribution in [0.4, 0.5) is 10.5 Å². The fourth-order valence-corrected chi connectivity index (χ4v) is 7.34. The van der Waals surface area contributed by atoms with E-state index in [4.69, 9.17) is 16.3 Å². The zero-order valence-corrected chi connectivity index (χ0v) is 28.2. The summed E-state index contributed by atoms with van der Waals surface area (Å²) in [5, 5.41) is 27.9. The summed E-state index contributed by atoms with van der Waals surface area (Å²) in [6.07, 6.45) is 1.02. The zero-order valence-electron chi connectivity index (χ0n) is 27.4. The number of carbonyl (C=O) groups is 2. The molecule has 0 radical (unpaired) electrons. The number of hydrogen-bond donors (Lipinski definition) is 5. The Hall–Kier alpha value is -4.42. The lowest BCUT2D eigenvalue weighted by atomic mass is 10.0. The number of aromatic nitrogens is 1. The number of aliphatic hydroxyl groups is 1. The van der Waals surface area contributed by atoms with Crippen molar-refractivity contribution in [1.29, 1.82) is 0 Å². The van der Waals surface area contributed by atoms with Crippen molar-refractivity contribution in [3.05, 3.63) is 105 Å². The third-order valence-corrected chi connectivity index (χ3v) is 9.95. The molecular weight excluding hydrogens is 646 g/mol. The molecule has 11 nitrogen and oxygen atoms in total. The summed E-state index contributed by atoms with van der Waals surface area (Å²) < 4.78 is 5.69. The largest absolute Gasteiger partial charge is 0.506 e. The summed E-state index contributed by atoms with van der Waals surface area (Å²) in [7, 11) is 1.79. The molecule has 2 heterocycles. The van der Waals surface area contributed by atoms with E-state index in [1.165, 1.54) is 12.1 Å². The van der Waals surface area contributed by atoms with Crippen molar-refractivity contribution in [3.8, 4) is 5.75 Å². The molecule has 49 heavy (non-hydrogen) atoms. The van der Waals surface area contributed by atoms with Gasteiger partial charge in [0.1, 0.15) is 11.9 Å². The van der Waals surface area contributed by atoms with Crippen molar-refractivity contribution in [2.75, 3.05) is 51.6 Å². The maximum absolute atomic E-state index is 13.3. The van der Waals surface area contributed by atoms with E-state index in [1.54, 1.807) is 30.1 Å². The van der Waals surface area contributed by atoms with Gasteiger partial charge in [-0.3, -0.25) is 14.9 Å². The molecule has 4 aromatic rings. The van der Waals surface area contributed by atoms with Crippen LogP contribution >= 0.6 is 11.6 Å². The molecule has 1 saturated carbocycles. The van der Waals surface area contributed by atoms with Crippen LogP contribution in [0.1, 0.15) is 40.4 Å². The van der Waals surface area contributed by atoms with E-state index < -0.39 is 12.2 Å². The monoisotopic (exact) mass is 687 g/mol. The number of hydrogen-bond acceptors (Lipinski definition) is 8. The molecule has 1 aliphatic carbocycles. The molecule has 4 atom stereocenters. The second-order valence-electron chi connectivity index (χ2n) is 13.1. The van der Waals surface area contributed by atoms with Crippen LogP contribution in [0.2, 0.25) is 5.02 Å². The number of anilines is 1. The van der Waals surface area contributed by atoms with E-state index in [0.29, 0.717) is 58.4 Å². The molecular formula is C37H42ClN5O6. The quantitative estimate of drug-likeness (QED) is 0.134. The number of ether oxygens (including phenoxy) is 1. The lowest BCUT2D eigenvalue weighted by Crippen LogP contribution is -2.36.